The topological polar surface area (TPSA) is 69.4 Å². The van der Waals surface area contributed by atoms with Crippen LogP contribution in [0.4, 0.5) is 0 Å². The summed E-state index contributed by atoms with van der Waals surface area (Å²) in [5.74, 6) is 0.582. The summed E-state index contributed by atoms with van der Waals surface area (Å²) in [5.41, 5.74) is 0.212. The summed E-state index contributed by atoms with van der Waals surface area (Å²) in [6, 6.07) is 7.73. The van der Waals surface area contributed by atoms with E-state index in [4.69, 9.17) is 9.88 Å². The van der Waals surface area contributed by atoms with Crippen molar-refractivity contribution in [3.05, 3.63) is 29.8 Å². The molecule has 0 saturated heterocycles. The van der Waals surface area contributed by atoms with Gasteiger partial charge in [-0.3, -0.25) is 0 Å². The molecule has 0 heterocycles. The molecule has 0 aliphatic rings. The number of ether oxygens (including phenoxy) is 1. The molecule has 0 radical (unpaired) electrons. The molecule has 4 nitrogen and oxygen atoms in total. The van der Waals surface area contributed by atoms with Crippen molar-refractivity contribution in [3.63, 3.8) is 0 Å². The van der Waals surface area contributed by atoms with Gasteiger partial charge in [0.1, 0.15) is 5.75 Å². The Kier molecular flexibility index (Phi) is 14.1. The van der Waals surface area contributed by atoms with Gasteiger partial charge in [-0.1, -0.05) is 103 Å². The van der Waals surface area contributed by atoms with E-state index < -0.39 is 15.5 Å². The SMILES string of the molecule is CCCCCCCCCCCCCCCc1cccc(OC(CC)S(N)(=O)=O)c1. The Bertz CT molecular complexity index is 631. The monoisotopic (exact) mass is 425 g/mol. The minimum absolute atomic E-state index is 0.335. The van der Waals surface area contributed by atoms with Gasteiger partial charge < -0.3 is 4.74 Å². The number of sulfonamides is 1. The largest absolute Gasteiger partial charge is 0.473 e. The van der Waals surface area contributed by atoms with Gasteiger partial charge >= 0.3 is 0 Å². The van der Waals surface area contributed by atoms with Gasteiger partial charge in [-0.15, -0.1) is 0 Å². The average Bonchev–Trinajstić information content (AvgIpc) is 2.69. The van der Waals surface area contributed by atoms with Gasteiger partial charge in [0, 0.05) is 0 Å². The Balaban J connectivity index is 2.10. The first-order valence-corrected chi connectivity index (χ1v) is 13.4. The van der Waals surface area contributed by atoms with Crippen LogP contribution < -0.4 is 9.88 Å². The van der Waals surface area contributed by atoms with Crippen molar-refractivity contribution < 1.29 is 13.2 Å². The Morgan fingerprint density at radius 1 is 0.828 bits per heavy atom. The van der Waals surface area contributed by atoms with E-state index in [1.807, 2.05) is 12.1 Å². The van der Waals surface area contributed by atoms with Crippen molar-refractivity contribution in [1.29, 1.82) is 0 Å². The number of primary sulfonamides is 1. The van der Waals surface area contributed by atoms with Gasteiger partial charge in [-0.25, -0.2) is 13.6 Å². The van der Waals surface area contributed by atoms with Gasteiger partial charge in [0.2, 0.25) is 15.5 Å². The normalized spacial score (nSPS) is 12.8. The second-order valence-corrected chi connectivity index (χ2v) is 9.89. The van der Waals surface area contributed by atoms with Crippen molar-refractivity contribution in [3.8, 4) is 5.75 Å². The highest BCUT2D eigenvalue weighted by Crippen LogP contribution is 2.19. The molecule has 0 spiro atoms. The van der Waals surface area contributed by atoms with Crippen LogP contribution in [0.3, 0.4) is 0 Å². The molecule has 0 aliphatic heterocycles. The Hall–Kier alpha value is -1.07. The summed E-state index contributed by atoms with van der Waals surface area (Å²) >= 11 is 0. The highest BCUT2D eigenvalue weighted by molar-refractivity contribution is 7.89. The number of hydrogen-bond donors (Lipinski definition) is 1. The Morgan fingerprint density at radius 3 is 1.83 bits per heavy atom. The third-order valence-electron chi connectivity index (χ3n) is 5.43. The summed E-state index contributed by atoms with van der Waals surface area (Å²) in [7, 11) is -3.69. The van der Waals surface area contributed by atoms with Crippen LogP contribution >= 0.6 is 0 Å². The number of nitrogens with two attached hydrogens (primary N) is 1. The third-order valence-corrected chi connectivity index (χ3v) is 6.60. The maximum absolute atomic E-state index is 11.5. The van der Waals surface area contributed by atoms with Crippen molar-refractivity contribution in [1.82, 2.24) is 0 Å². The van der Waals surface area contributed by atoms with Crippen LogP contribution in [-0.2, 0) is 16.4 Å². The van der Waals surface area contributed by atoms with Crippen LogP contribution in [0.2, 0.25) is 0 Å². The van der Waals surface area contributed by atoms with E-state index in [2.05, 4.69) is 13.0 Å². The summed E-state index contributed by atoms with van der Waals surface area (Å²) in [5, 5.41) is 5.21. The lowest BCUT2D eigenvalue weighted by Crippen LogP contribution is -2.32. The van der Waals surface area contributed by atoms with Crippen LogP contribution in [0.25, 0.3) is 0 Å². The fraction of sp³-hybridized carbons (Fsp3) is 0.750. The van der Waals surface area contributed by atoms with Crippen molar-refractivity contribution in [2.75, 3.05) is 0 Å². The standard InChI is InChI=1S/C24H43NO3S/c1-3-5-6-7-8-9-10-11-12-13-14-15-16-18-22-19-17-20-23(21-22)28-24(4-2)29(25,26)27/h17,19-21,24H,3-16,18H2,1-2H3,(H2,25,26,27). The Labute approximate surface area is 179 Å². The first kappa shape index (κ1) is 26.0. The molecule has 0 bridgehead atoms. The average molecular weight is 426 g/mol. The fourth-order valence-electron chi connectivity index (χ4n) is 3.66. The Morgan fingerprint density at radius 2 is 1.34 bits per heavy atom. The number of aryl methyl sites for hydroxylation is 1. The zero-order valence-corrected chi connectivity index (χ0v) is 19.5. The molecule has 1 atom stereocenters. The highest BCUT2D eigenvalue weighted by atomic mass is 32.2. The molecule has 0 aliphatic carbocycles. The van der Waals surface area contributed by atoms with E-state index in [-0.39, 0.29) is 0 Å². The lowest BCUT2D eigenvalue weighted by molar-refractivity contribution is 0.269. The van der Waals surface area contributed by atoms with E-state index in [1.54, 1.807) is 13.0 Å². The molecular weight excluding hydrogens is 382 g/mol. The van der Waals surface area contributed by atoms with E-state index in [1.165, 1.54) is 82.6 Å². The molecular formula is C24H43NO3S. The second kappa shape index (κ2) is 15.7. The van der Waals surface area contributed by atoms with Gasteiger partial charge in [0.05, 0.1) is 0 Å². The van der Waals surface area contributed by atoms with Crippen molar-refractivity contribution in [2.24, 2.45) is 5.14 Å². The summed E-state index contributed by atoms with van der Waals surface area (Å²) in [4.78, 5) is 0. The van der Waals surface area contributed by atoms with E-state index in [0.717, 1.165) is 12.8 Å². The number of rotatable bonds is 18. The molecule has 0 fully saturated rings. The zero-order chi connectivity index (χ0) is 21.4. The molecule has 0 saturated carbocycles. The highest BCUT2D eigenvalue weighted by Gasteiger charge is 2.21. The van der Waals surface area contributed by atoms with Crippen LogP contribution in [0.1, 0.15) is 109 Å². The molecule has 0 aromatic heterocycles. The quantitative estimate of drug-likeness (QED) is 0.265. The predicted molar refractivity (Wildman–Crippen MR) is 124 cm³/mol. The van der Waals surface area contributed by atoms with Crippen molar-refractivity contribution >= 4 is 10.0 Å². The van der Waals surface area contributed by atoms with Gasteiger partial charge in [0.15, 0.2) is 0 Å². The number of unbranched alkanes of at least 4 members (excludes halogenated alkanes) is 12. The molecule has 1 unspecified atom stereocenters. The lowest BCUT2D eigenvalue weighted by Gasteiger charge is -2.15. The van der Waals surface area contributed by atoms with Gasteiger partial charge in [-0.2, -0.15) is 0 Å². The summed E-state index contributed by atoms with van der Waals surface area (Å²) < 4.78 is 28.6. The molecule has 1 aromatic rings. The first-order valence-electron chi connectivity index (χ1n) is 11.7. The second-order valence-electron chi connectivity index (χ2n) is 8.18. The van der Waals surface area contributed by atoms with Gasteiger partial charge in [0.25, 0.3) is 0 Å². The first-order chi connectivity index (χ1) is 14.0. The molecule has 5 heteroatoms. The van der Waals surface area contributed by atoms with Crippen LogP contribution in [0.15, 0.2) is 24.3 Å². The van der Waals surface area contributed by atoms with Crippen LogP contribution in [0.5, 0.6) is 5.75 Å². The van der Waals surface area contributed by atoms with E-state index in [9.17, 15) is 8.42 Å². The maximum Gasteiger partial charge on any atom is 0.247 e. The van der Waals surface area contributed by atoms with Crippen LogP contribution in [-0.4, -0.2) is 13.9 Å². The van der Waals surface area contributed by atoms with Gasteiger partial charge in [-0.05, 0) is 37.0 Å². The molecule has 0 amide bonds. The molecule has 1 rings (SSSR count). The minimum Gasteiger partial charge on any atom is -0.473 e. The number of hydrogen-bond acceptors (Lipinski definition) is 3. The smallest absolute Gasteiger partial charge is 0.247 e. The molecule has 29 heavy (non-hydrogen) atoms. The third kappa shape index (κ3) is 13.0. The maximum atomic E-state index is 11.5. The number of benzene rings is 1. The van der Waals surface area contributed by atoms with Crippen molar-refractivity contribution in [2.45, 2.75) is 116 Å². The predicted octanol–water partition coefficient (Wildman–Crippen LogP) is 6.72. The van der Waals surface area contributed by atoms with E-state index >= 15 is 0 Å². The van der Waals surface area contributed by atoms with E-state index in [0.29, 0.717) is 12.2 Å². The van der Waals surface area contributed by atoms with Crippen LogP contribution in [0, 0.1) is 0 Å². The molecule has 2 N–H and O–H groups in total. The fourth-order valence-corrected chi connectivity index (χ4v) is 4.37. The molecule has 1 aromatic carbocycles. The minimum atomic E-state index is -3.69. The lowest BCUT2D eigenvalue weighted by atomic mass is 10.0. The molecule has 168 valence electrons. The summed E-state index contributed by atoms with van der Waals surface area (Å²) in [6.45, 7) is 4.03. The zero-order valence-electron chi connectivity index (χ0n) is 18.7. The summed E-state index contributed by atoms with van der Waals surface area (Å²) in [6.07, 6.45) is 18.9.